The smallest absolute Gasteiger partial charge is 0.174 e. The second-order valence-electron chi connectivity index (χ2n) is 4.77. The molecule has 0 aliphatic heterocycles. The molecule has 5 nitrogen and oxygen atoms in total. The number of fused-ring (bicyclic) bond motifs is 1. The Bertz CT molecular complexity index is 532. The first-order chi connectivity index (χ1) is 9.15. The van der Waals surface area contributed by atoms with E-state index in [1.54, 1.807) is 14.2 Å². The van der Waals surface area contributed by atoms with Gasteiger partial charge >= 0.3 is 0 Å². The zero-order chi connectivity index (χ0) is 13.8. The van der Waals surface area contributed by atoms with Gasteiger partial charge in [-0.1, -0.05) is 12.1 Å². The zero-order valence-electron chi connectivity index (χ0n) is 12.0. The summed E-state index contributed by atoms with van der Waals surface area (Å²) in [6, 6.07) is 8.13. The number of rotatable bonds is 6. The van der Waals surface area contributed by atoms with Crippen LogP contribution >= 0.6 is 0 Å². The van der Waals surface area contributed by atoms with E-state index in [9.17, 15) is 0 Å². The highest BCUT2D eigenvalue weighted by atomic mass is 16.7. The minimum atomic E-state index is -0.265. The van der Waals surface area contributed by atoms with Gasteiger partial charge in [0.15, 0.2) is 6.29 Å². The van der Waals surface area contributed by atoms with E-state index in [0.29, 0.717) is 6.54 Å². The van der Waals surface area contributed by atoms with Gasteiger partial charge in [-0.2, -0.15) is 0 Å². The first kappa shape index (κ1) is 14.0. The predicted octanol–water partition coefficient (Wildman–Crippen LogP) is 1.72. The van der Waals surface area contributed by atoms with Gasteiger partial charge in [0.2, 0.25) is 0 Å². The Hall–Kier alpha value is -1.43. The highest BCUT2D eigenvalue weighted by Crippen LogP contribution is 2.18. The standard InChI is InChI=1S/C14H21N3O2/c1-16(2)9-13-15-11-7-5-6-8-12(11)17(13)10-14(18-3)19-4/h5-8,14H,9-10H2,1-4H3. The fraction of sp³-hybridized carbons (Fsp3) is 0.500. The number of para-hydroxylation sites is 2. The molecular formula is C14H21N3O2. The Morgan fingerprint density at radius 2 is 1.89 bits per heavy atom. The highest BCUT2D eigenvalue weighted by molar-refractivity contribution is 5.75. The van der Waals surface area contributed by atoms with Crippen LogP contribution in [0.5, 0.6) is 0 Å². The molecule has 0 N–H and O–H groups in total. The molecule has 5 heteroatoms. The number of hydrogen-bond donors (Lipinski definition) is 0. The predicted molar refractivity (Wildman–Crippen MR) is 74.9 cm³/mol. The van der Waals surface area contributed by atoms with Crippen molar-refractivity contribution in [3.05, 3.63) is 30.1 Å². The molecule has 1 aromatic carbocycles. The van der Waals surface area contributed by atoms with E-state index in [4.69, 9.17) is 9.47 Å². The first-order valence-electron chi connectivity index (χ1n) is 6.30. The Labute approximate surface area is 113 Å². The lowest BCUT2D eigenvalue weighted by molar-refractivity contribution is -0.110. The van der Waals surface area contributed by atoms with Crippen molar-refractivity contribution in [3.8, 4) is 0 Å². The molecule has 0 unspecified atom stereocenters. The summed E-state index contributed by atoms with van der Waals surface area (Å²) in [5.41, 5.74) is 2.11. The number of benzene rings is 1. The zero-order valence-corrected chi connectivity index (χ0v) is 12.0. The molecule has 0 saturated heterocycles. The summed E-state index contributed by atoms with van der Waals surface area (Å²) < 4.78 is 12.8. The Balaban J connectivity index is 2.41. The van der Waals surface area contributed by atoms with Gasteiger partial charge in [0.05, 0.1) is 24.1 Å². The quantitative estimate of drug-likeness (QED) is 0.744. The van der Waals surface area contributed by atoms with Crippen LogP contribution in [0.2, 0.25) is 0 Å². The maximum atomic E-state index is 5.30. The molecule has 0 fully saturated rings. The third-order valence-corrected chi connectivity index (χ3v) is 3.05. The van der Waals surface area contributed by atoms with Crippen LogP contribution < -0.4 is 0 Å². The lowest BCUT2D eigenvalue weighted by Gasteiger charge is -2.18. The van der Waals surface area contributed by atoms with Gasteiger partial charge in [-0.05, 0) is 26.2 Å². The van der Waals surface area contributed by atoms with Gasteiger partial charge in [-0.25, -0.2) is 4.98 Å². The van der Waals surface area contributed by atoms with Gasteiger partial charge in [0.1, 0.15) is 5.82 Å². The third-order valence-electron chi connectivity index (χ3n) is 3.05. The van der Waals surface area contributed by atoms with E-state index in [1.165, 1.54) is 0 Å². The summed E-state index contributed by atoms with van der Waals surface area (Å²) in [6.45, 7) is 1.42. The molecule has 2 rings (SSSR count). The van der Waals surface area contributed by atoms with Crippen molar-refractivity contribution < 1.29 is 9.47 Å². The SMILES string of the molecule is COC(Cn1c(CN(C)C)nc2ccccc21)OC. The summed E-state index contributed by atoms with van der Waals surface area (Å²) in [5, 5.41) is 0. The minimum Gasteiger partial charge on any atom is -0.354 e. The molecule has 2 aromatic rings. The number of imidazole rings is 1. The maximum Gasteiger partial charge on any atom is 0.174 e. The van der Waals surface area contributed by atoms with E-state index in [0.717, 1.165) is 23.4 Å². The second-order valence-corrected chi connectivity index (χ2v) is 4.77. The number of aromatic nitrogens is 2. The molecule has 19 heavy (non-hydrogen) atoms. The van der Waals surface area contributed by atoms with E-state index in [-0.39, 0.29) is 6.29 Å². The van der Waals surface area contributed by atoms with Crippen molar-refractivity contribution in [2.45, 2.75) is 19.4 Å². The topological polar surface area (TPSA) is 39.5 Å². The summed E-state index contributed by atoms with van der Waals surface area (Å²) in [5.74, 6) is 1.02. The number of nitrogens with zero attached hydrogens (tertiary/aromatic N) is 3. The van der Waals surface area contributed by atoms with Crippen molar-refractivity contribution in [1.82, 2.24) is 14.5 Å². The van der Waals surface area contributed by atoms with Gasteiger partial charge in [-0.3, -0.25) is 0 Å². The van der Waals surface area contributed by atoms with Crippen LogP contribution in [0.3, 0.4) is 0 Å². The summed E-state index contributed by atoms with van der Waals surface area (Å²) in [7, 11) is 7.37. The molecule has 0 amide bonds. The summed E-state index contributed by atoms with van der Waals surface area (Å²) in [6.07, 6.45) is -0.265. The van der Waals surface area contributed by atoms with Crippen molar-refractivity contribution >= 4 is 11.0 Å². The monoisotopic (exact) mass is 263 g/mol. The maximum absolute atomic E-state index is 5.30. The van der Waals surface area contributed by atoms with Crippen LogP contribution in [0.1, 0.15) is 5.82 Å². The molecule has 0 bridgehead atoms. The van der Waals surface area contributed by atoms with E-state index in [1.807, 2.05) is 32.3 Å². The van der Waals surface area contributed by atoms with Crippen LogP contribution in [-0.2, 0) is 22.6 Å². The molecule has 104 valence electrons. The normalized spacial score (nSPS) is 11.9. The third kappa shape index (κ3) is 3.12. The fourth-order valence-corrected chi connectivity index (χ4v) is 2.13. The van der Waals surface area contributed by atoms with Crippen molar-refractivity contribution in [2.24, 2.45) is 0 Å². The van der Waals surface area contributed by atoms with Gasteiger partial charge in [-0.15, -0.1) is 0 Å². The van der Waals surface area contributed by atoms with Crippen molar-refractivity contribution in [1.29, 1.82) is 0 Å². The molecule has 1 aromatic heterocycles. The van der Waals surface area contributed by atoms with Crippen LogP contribution in [0.15, 0.2) is 24.3 Å². The number of methoxy groups -OCH3 is 2. The van der Waals surface area contributed by atoms with Crippen LogP contribution in [0.25, 0.3) is 11.0 Å². The Kier molecular flexibility index (Phi) is 4.52. The molecule has 1 heterocycles. The molecule has 0 radical (unpaired) electrons. The van der Waals surface area contributed by atoms with Crippen molar-refractivity contribution in [3.63, 3.8) is 0 Å². The second kappa shape index (κ2) is 6.14. The van der Waals surface area contributed by atoms with Gasteiger partial charge in [0.25, 0.3) is 0 Å². The summed E-state index contributed by atoms with van der Waals surface area (Å²) >= 11 is 0. The van der Waals surface area contributed by atoms with Crippen LogP contribution in [0, 0.1) is 0 Å². The lowest BCUT2D eigenvalue weighted by atomic mass is 10.3. The molecule has 0 aliphatic carbocycles. The molecular weight excluding hydrogens is 242 g/mol. The van der Waals surface area contributed by atoms with Crippen LogP contribution in [0.4, 0.5) is 0 Å². The van der Waals surface area contributed by atoms with Crippen molar-refractivity contribution in [2.75, 3.05) is 28.3 Å². The van der Waals surface area contributed by atoms with E-state index < -0.39 is 0 Å². The number of ether oxygens (including phenoxy) is 2. The van der Waals surface area contributed by atoms with Gasteiger partial charge < -0.3 is 18.9 Å². The summed E-state index contributed by atoms with van der Waals surface area (Å²) in [4.78, 5) is 6.79. The largest absolute Gasteiger partial charge is 0.354 e. The van der Waals surface area contributed by atoms with E-state index in [2.05, 4.69) is 20.5 Å². The fourth-order valence-electron chi connectivity index (χ4n) is 2.13. The lowest BCUT2D eigenvalue weighted by Crippen LogP contribution is -2.23. The van der Waals surface area contributed by atoms with Crippen LogP contribution in [-0.4, -0.2) is 49.1 Å². The Morgan fingerprint density at radius 3 is 2.53 bits per heavy atom. The average Bonchev–Trinajstić information content (AvgIpc) is 2.72. The minimum absolute atomic E-state index is 0.265. The molecule has 0 saturated carbocycles. The Morgan fingerprint density at radius 1 is 1.21 bits per heavy atom. The highest BCUT2D eigenvalue weighted by Gasteiger charge is 2.15. The average molecular weight is 263 g/mol. The molecule has 0 spiro atoms. The van der Waals surface area contributed by atoms with E-state index >= 15 is 0 Å². The number of hydrogen-bond acceptors (Lipinski definition) is 4. The first-order valence-corrected chi connectivity index (χ1v) is 6.30. The molecule has 0 atom stereocenters. The van der Waals surface area contributed by atoms with Gasteiger partial charge in [0, 0.05) is 14.2 Å². The molecule has 0 aliphatic rings.